The minimum atomic E-state index is -0.0664. The van der Waals surface area contributed by atoms with E-state index in [1.165, 1.54) is 16.7 Å². The molecule has 0 atom stereocenters. The van der Waals surface area contributed by atoms with Gasteiger partial charge in [-0.1, -0.05) is 35.9 Å². The normalized spacial score (nSPS) is 10.7. The van der Waals surface area contributed by atoms with Gasteiger partial charge in [0.15, 0.2) is 0 Å². The Hall–Kier alpha value is -1.63. The van der Waals surface area contributed by atoms with Crippen molar-refractivity contribution in [2.45, 2.75) is 34.1 Å². The van der Waals surface area contributed by atoms with Crippen LogP contribution in [-0.2, 0) is 6.42 Å². The summed E-state index contributed by atoms with van der Waals surface area (Å²) in [6.07, 6.45) is 0.673. The quantitative estimate of drug-likeness (QED) is 0.719. The van der Waals surface area contributed by atoms with Crippen molar-refractivity contribution in [1.29, 1.82) is 0 Å². The molecule has 0 N–H and O–H groups in total. The third-order valence-electron chi connectivity index (χ3n) is 3.49. The van der Waals surface area contributed by atoms with Gasteiger partial charge in [-0.3, -0.25) is 0 Å². The highest BCUT2D eigenvalue weighted by Gasteiger charge is 2.10. The average molecular weight is 242 g/mol. The van der Waals surface area contributed by atoms with E-state index in [1.807, 2.05) is 32.0 Å². The summed E-state index contributed by atoms with van der Waals surface area (Å²) in [6.45, 7) is 8.02. The van der Waals surface area contributed by atoms with Crippen LogP contribution in [0, 0.1) is 33.5 Å². The molecule has 2 aromatic rings. The molecule has 0 radical (unpaired) electrons. The zero-order chi connectivity index (χ0) is 13.3. The van der Waals surface area contributed by atoms with Crippen molar-refractivity contribution in [3.05, 3.63) is 69.5 Å². The standard InChI is InChI=1S/C17H19F/c1-11-8-14(4)17(18)15(9-11)10-16-12(2)6-5-7-13(16)3/h5-9H,10H2,1-4H3. The summed E-state index contributed by atoms with van der Waals surface area (Å²) in [5.74, 6) is -0.0664. The van der Waals surface area contributed by atoms with Gasteiger partial charge in [0.05, 0.1) is 0 Å². The number of aryl methyl sites for hydroxylation is 4. The van der Waals surface area contributed by atoms with E-state index >= 15 is 0 Å². The lowest BCUT2D eigenvalue weighted by Crippen LogP contribution is -2.00. The van der Waals surface area contributed by atoms with Gasteiger partial charge in [0, 0.05) is 6.42 Å². The first-order valence-electron chi connectivity index (χ1n) is 6.29. The maximum absolute atomic E-state index is 14.1. The molecule has 0 spiro atoms. The predicted molar refractivity (Wildman–Crippen MR) is 74.6 cm³/mol. The summed E-state index contributed by atoms with van der Waals surface area (Å²) >= 11 is 0. The summed E-state index contributed by atoms with van der Waals surface area (Å²) in [4.78, 5) is 0. The Bertz CT molecular complexity index is 562. The summed E-state index contributed by atoms with van der Waals surface area (Å²) in [6, 6.07) is 10.1. The molecule has 0 bridgehead atoms. The zero-order valence-electron chi connectivity index (χ0n) is 11.5. The van der Waals surface area contributed by atoms with Crippen LogP contribution in [0.4, 0.5) is 4.39 Å². The van der Waals surface area contributed by atoms with Crippen molar-refractivity contribution < 1.29 is 4.39 Å². The van der Waals surface area contributed by atoms with Gasteiger partial charge in [-0.25, -0.2) is 4.39 Å². The maximum Gasteiger partial charge on any atom is 0.129 e. The van der Waals surface area contributed by atoms with Crippen LogP contribution >= 0.6 is 0 Å². The maximum atomic E-state index is 14.1. The van der Waals surface area contributed by atoms with Crippen molar-refractivity contribution in [2.24, 2.45) is 0 Å². The number of hydrogen-bond acceptors (Lipinski definition) is 0. The van der Waals surface area contributed by atoms with Crippen LogP contribution in [0.2, 0.25) is 0 Å². The van der Waals surface area contributed by atoms with E-state index in [4.69, 9.17) is 0 Å². The topological polar surface area (TPSA) is 0 Å². The molecule has 1 heteroatoms. The largest absolute Gasteiger partial charge is 0.206 e. The smallest absolute Gasteiger partial charge is 0.129 e. The van der Waals surface area contributed by atoms with E-state index in [-0.39, 0.29) is 5.82 Å². The molecule has 0 amide bonds. The summed E-state index contributed by atoms with van der Waals surface area (Å²) < 4.78 is 14.1. The lowest BCUT2D eigenvalue weighted by Gasteiger charge is -2.12. The Morgan fingerprint density at radius 2 is 1.50 bits per heavy atom. The third-order valence-corrected chi connectivity index (χ3v) is 3.49. The molecule has 0 aliphatic rings. The van der Waals surface area contributed by atoms with Crippen LogP contribution in [0.1, 0.15) is 33.4 Å². The van der Waals surface area contributed by atoms with E-state index in [0.29, 0.717) is 6.42 Å². The second-order valence-corrected chi connectivity index (χ2v) is 5.10. The van der Waals surface area contributed by atoms with Crippen LogP contribution in [0.15, 0.2) is 30.3 Å². The van der Waals surface area contributed by atoms with Gasteiger partial charge >= 0.3 is 0 Å². The minimum Gasteiger partial charge on any atom is -0.206 e. The van der Waals surface area contributed by atoms with Crippen LogP contribution in [0.5, 0.6) is 0 Å². The van der Waals surface area contributed by atoms with Crippen molar-refractivity contribution in [2.75, 3.05) is 0 Å². The second-order valence-electron chi connectivity index (χ2n) is 5.10. The first-order chi connectivity index (χ1) is 8.49. The van der Waals surface area contributed by atoms with E-state index in [2.05, 4.69) is 26.0 Å². The lowest BCUT2D eigenvalue weighted by atomic mass is 9.94. The number of hydrogen-bond donors (Lipinski definition) is 0. The van der Waals surface area contributed by atoms with Crippen LogP contribution in [0.3, 0.4) is 0 Å². The van der Waals surface area contributed by atoms with Crippen molar-refractivity contribution in [3.63, 3.8) is 0 Å². The fraction of sp³-hybridized carbons (Fsp3) is 0.294. The highest BCUT2D eigenvalue weighted by atomic mass is 19.1. The Morgan fingerprint density at radius 3 is 2.11 bits per heavy atom. The van der Waals surface area contributed by atoms with Gasteiger partial charge in [-0.15, -0.1) is 0 Å². The SMILES string of the molecule is Cc1cc(C)c(F)c(Cc2c(C)cccc2C)c1. The number of rotatable bonds is 2. The monoisotopic (exact) mass is 242 g/mol. The van der Waals surface area contributed by atoms with Crippen LogP contribution in [0.25, 0.3) is 0 Å². The van der Waals surface area contributed by atoms with Gasteiger partial charge in [-0.2, -0.15) is 0 Å². The molecule has 0 aliphatic carbocycles. The van der Waals surface area contributed by atoms with Gasteiger partial charge in [0.2, 0.25) is 0 Å². The fourth-order valence-electron chi connectivity index (χ4n) is 2.48. The minimum absolute atomic E-state index is 0.0664. The number of halogens is 1. The Kier molecular flexibility index (Phi) is 3.51. The lowest BCUT2D eigenvalue weighted by molar-refractivity contribution is 0.604. The summed E-state index contributed by atoms with van der Waals surface area (Å²) in [5, 5.41) is 0. The Balaban J connectivity index is 2.46. The molecule has 0 saturated heterocycles. The highest BCUT2D eigenvalue weighted by molar-refractivity contribution is 5.40. The van der Waals surface area contributed by atoms with Crippen molar-refractivity contribution in [3.8, 4) is 0 Å². The first kappa shape index (κ1) is 12.8. The van der Waals surface area contributed by atoms with E-state index in [0.717, 1.165) is 16.7 Å². The molecule has 0 saturated carbocycles. The second kappa shape index (κ2) is 4.93. The molecule has 0 aromatic heterocycles. The highest BCUT2D eigenvalue weighted by Crippen LogP contribution is 2.22. The molecule has 94 valence electrons. The van der Waals surface area contributed by atoms with Gasteiger partial charge < -0.3 is 0 Å². The fourth-order valence-corrected chi connectivity index (χ4v) is 2.48. The van der Waals surface area contributed by atoms with Crippen molar-refractivity contribution in [1.82, 2.24) is 0 Å². The molecule has 0 aliphatic heterocycles. The first-order valence-corrected chi connectivity index (χ1v) is 6.29. The van der Waals surface area contributed by atoms with E-state index < -0.39 is 0 Å². The van der Waals surface area contributed by atoms with Gasteiger partial charge in [-0.05, 0) is 55.5 Å². The van der Waals surface area contributed by atoms with Gasteiger partial charge in [0.25, 0.3) is 0 Å². The molecule has 2 rings (SSSR count). The third kappa shape index (κ3) is 2.45. The molecule has 0 nitrogen and oxygen atoms in total. The molecular formula is C17H19F. The average Bonchev–Trinajstić information content (AvgIpc) is 2.30. The van der Waals surface area contributed by atoms with E-state index in [9.17, 15) is 4.39 Å². The van der Waals surface area contributed by atoms with Gasteiger partial charge in [0.1, 0.15) is 5.82 Å². The van der Waals surface area contributed by atoms with Crippen LogP contribution in [-0.4, -0.2) is 0 Å². The molecule has 18 heavy (non-hydrogen) atoms. The molecular weight excluding hydrogens is 223 g/mol. The number of benzene rings is 2. The van der Waals surface area contributed by atoms with E-state index in [1.54, 1.807) is 0 Å². The summed E-state index contributed by atoms with van der Waals surface area (Å²) in [7, 11) is 0. The molecule has 0 heterocycles. The Morgan fingerprint density at radius 1 is 0.889 bits per heavy atom. The zero-order valence-corrected chi connectivity index (χ0v) is 11.5. The molecule has 2 aromatic carbocycles. The molecule has 0 unspecified atom stereocenters. The van der Waals surface area contributed by atoms with Crippen LogP contribution < -0.4 is 0 Å². The summed E-state index contributed by atoms with van der Waals surface area (Å²) in [5.41, 5.74) is 6.35. The molecule has 0 fully saturated rings. The Labute approximate surface area is 108 Å². The predicted octanol–water partition coefficient (Wildman–Crippen LogP) is 4.65. The van der Waals surface area contributed by atoms with Crippen molar-refractivity contribution >= 4 is 0 Å².